The number of rotatable bonds is 49. The van der Waals surface area contributed by atoms with E-state index in [0.29, 0.717) is 19.3 Å². The number of ether oxygens (including phenoxy) is 5. The zero-order valence-electron chi connectivity index (χ0n) is 44.3. The summed E-state index contributed by atoms with van der Waals surface area (Å²) in [7, 11) is 0. The Morgan fingerprint density at radius 3 is 1.23 bits per heavy atom. The molecule has 1 aliphatic rings. The highest BCUT2D eigenvalue weighted by atomic mass is 16.7. The molecule has 1 saturated heterocycles. The molecule has 12 heteroatoms. The van der Waals surface area contributed by atoms with E-state index in [9.17, 15) is 34.5 Å². The Kier molecular flexibility index (Phi) is 43.5. The first-order valence-corrected chi connectivity index (χ1v) is 28.7. The van der Waals surface area contributed by atoms with E-state index in [1.807, 2.05) is 0 Å². The predicted octanol–water partition coefficient (Wildman–Crippen LogP) is 14.1. The lowest BCUT2D eigenvalue weighted by Crippen LogP contribution is -2.61. The maximum Gasteiger partial charge on any atom is 0.335 e. The predicted molar refractivity (Wildman–Crippen MR) is 276 cm³/mol. The summed E-state index contributed by atoms with van der Waals surface area (Å²) >= 11 is 0. The molecule has 0 amide bonds. The fourth-order valence-corrected chi connectivity index (χ4v) is 8.89. The van der Waals surface area contributed by atoms with E-state index in [2.05, 4.69) is 32.9 Å². The van der Waals surface area contributed by atoms with Gasteiger partial charge >= 0.3 is 23.9 Å². The Hall–Kier alpha value is -2.54. The number of carbonyl (C=O) groups excluding carboxylic acids is 3. The van der Waals surface area contributed by atoms with Gasteiger partial charge in [0.1, 0.15) is 18.8 Å². The summed E-state index contributed by atoms with van der Waals surface area (Å²) in [4.78, 5) is 50.9. The molecule has 1 fully saturated rings. The molecule has 0 aromatic carbocycles. The van der Waals surface area contributed by atoms with Crippen LogP contribution >= 0.6 is 0 Å². The largest absolute Gasteiger partial charge is 0.479 e. The molecule has 1 rings (SSSR count). The number of esters is 3. The Balaban J connectivity index is 2.65. The number of carbonyl (C=O) groups is 4. The molecule has 0 aromatic heterocycles. The Morgan fingerprint density at radius 2 is 0.826 bits per heavy atom. The van der Waals surface area contributed by atoms with Crippen LogP contribution in [0.15, 0.2) is 12.2 Å². The van der Waals surface area contributed by atoms with E-state index in [4.69, 9.17) is 23.7 Å². The van der Waals surface area contributed by atoms with Crippen molar-refractivity contribution in [3.05, 3.63) is 12.2 Å². The van der Waals surface area contributed by atoms with Crippen LogP contribution in [0.5, 0.6) is 0 Å². The van der Waals surface area contributed by atoms with Crippen molar-refractivity contribution in [1.82, 2.24) is 0 Å². The van der Waals surface area contributed by atoms with Gasteiger partial charge in [-0.3, -0.25) is 14.4 Å². The number of hydrogen-bond donors (Lipinski definition) is 3. The van der Waals surface area contributed by atoms with Crippen LogP contribution in [-0.2, 0) is 42.9 Å². The summed E-state index contributed by atoms with van der Waals surface area (Å²) < 4.78 is 28.3. The monoisotopic (exact) mass is 981 g/mol. The average molecular weight is 981 g/mol. The number of carboxylic acids is 1. The first-order chi connectivity index (χ1) is 33.6. The van der Waals surface area contributed by atoms with Crippen LogP contribution in [0.1, 0.15) is 278 Å². The second-order valence-electron chi connectivity index (χ2n) is 19.9. The molecule has 0 radical (unpaired) electrons. The molecule has 1 heterocycles. The molecule has 6 atom stereocenters. The van der Waals surface area contributed by atoms with E-state index < -0.39 is 67.3 Å². The third-order valence-corrected chi connectivity index (χ3v) is 13.3. The summed E-state index contributed by atoms with van der Waals surface area (Å²) in [5.41, 5.74) is 0. The molecule has 6 unspecified atom stereocenters. The van der Waals surface area contributed by atoms with Crippen molar-refractivity contribution in [2.45, 2.75) is 314 Å². The molecule has 404 valence electrons. The minimum Gasteiger partial charge on any atom is -0.479 e. The number of allylic oxidation sites excluding steroid dienone is 2. The van der Waals surface area contributed by atoms with Gasteiger partial charge < -0.3 is 39.0 Å². The lowest BCUT2D eigenvalue weighted by Gasteiger charge is -2.40. The van der Waals surface area contributed by atoms with Crippen molar-refractivity contribution >= 4 is 23.9 Å². The summed E-state index contributed by atoms with van der Waals surface area (Å²) in [6.07, 6.45) is 37.7. The molecule has 0 aromatic rings. The van der Waals surface area contributed by atoms with Crippen molar-refractivity contribution < 1.29 is 58.2 Å². The first kappa shape index (κ1) is 64.5. The summed E-state index contributed by atoms with van der Waals surface area (Å²) in [5.74, 6) is -3.09. The highest BCUT2D eigenvalue weighted by molar-refractivity contribution is 5.74. The van der Waals surface area contributed by atoms with Gasteiger partial charge in [0.2, 0.25) is 0 Å². The number of aliphatic hydroxyl groups is 2. The van der Waals surface area contributed by atoms with Gasteiger partial charge in [-0.2, -0.15) is 0 Å². The van der Waals surface area contributed by atoms with E-state index in [1.165, 1.54) is 154 Å². The van der Waals surface area contributed by atoms with Crippen LogP contribution in [-0.4, -0.2) is 89.2 Å². The average Bonchev–Trinajstić information content (AvgIpc) is 3.33. The second-order valence-corrected chi connectivity index (χ2v) is 19.9. The fourth-order valence-electron chi connectivity index (χ4n) is 8.89. The molecular weight excluding hydrogens is 877 g/mol. The molecular formula is C57H104O12. The molecule has 3 N–H and O–H groups in total. The van der Waals surface area contributed by atoms with E-state index >= 15 is 0 Å². The highest BCUT2D eigenvalue weighted by Crippen LogP contribution is 2.26. The molecule has 0 aliphatic carbocycles. The molecule has 0 spiro atoms. The number of unbranched alkanes of at least 4 members (excludes halogenated alkanes) is 33. The van der Waals surface area contributed by atoms with Gasteiger partial charge in [0.05, 0.1) is 6.61 Å². The van der Waals surface area contributed by atoms with Gasteiger partial charge in [0.15, 0.2) is 24.6 Å². The van der Waals surface area contributed by atoms with E-state index in [-0.39, 0.29) is 25.9 Å². The molecule has 1 aliphatic heterocycles. The minimum atomic E-state index is -1.89. The van der Waals surface area contributed by atoms with Gasteiger partial charge in [-0.05, 0) is 44.9 Å². The summed E-state index contributed by atoms with van der Waals surface area (Å²) in [6, 6.07) is 0. The van der Waals surface area contributed by atoms with Gasteiger partial charge in [-0.25, -0.2) is 4.79 Å². The summed E-state index contributed by atoms with van der Waals surface area (Å²) in [6.45, 7) is 5.97. The van der Waals surface area contributed by atoms with Gasteiger partial charge in [0.25, 0.3) is 0 Å². The van der Waals surface area contributed by atoms with Crippen molar-refractivity contribution in [2.24, 2.45) is 0 Å². The molecule has 0 saturated carbocycles. The van der Waals surface area contributed by atoms with E-state index in [0.717, 1.165) is 64.2 Å². The van der Waals surface area contributed by atoms with Gasteiger partial charge in [-0.1, -0.05) is 226 Å². The van der Waals surface area contributed by atoms with Crippen LogP contribution in [0, 0.1) is 0 Å². The van der Waals surface area contributed by atoms with Crippen LogP contribution in [0.4, 0.5) is 0 Å². The molecule has 12 nitrogen and oxygen atoms in total. The van der Waals surface area contributed by atoms with Crippen molar-refractivity contribution in [3.8, 4) is 0 Å². The Labute approximate surface area is 420 Å². The standard InChI is InChI=1S/C57H104O12/c1-4-7-10-13-16-19-21-23-24-25-26-28-29-32-34-37-40-43-49(58)65-46-48(67-50(59)44-41-38-35-31-18-15-12-9-6-3)47-66-57-55(53(62)52(61)54(69-57)56(63)64)68-51(60)45-42-39-36-33-30-27-22-20-17-14-11-8-5-2/h23-24,48,52-55,57,61-62H,4-22,25-47H2,1-3H3,(H,63,64)/b24-23-. The Bertz CT molecular complexity index is 1260. The number of hydrogen-bond acceptors (Lipinski definition) is 11. The quantitative estimate of drug-likeness (QED) is 0.0228. The Morgan fingerprint density at radius 1 is 0.464 bits per heavy atom. The maximum absolute atomic E-state index is 13.0. The second kappa shape index (κ2) is 46.5. The number of aliphatic carboxylic acids is 1. The highest BCUT2D eigenvalue weighted by Gasteiger charge is 2.50. The van der Waals surface area contributed by atoms with Crippen molar-refractivity contribution in [2.75, 3.05) is 13.2 Å². The van der Waals surface area contributed by atoms with Gasteiger partial charge in [-0.15, -0.1) is 0 Å². The third-order valence-electron chi connectivity index (χ3n) is 13.3. The zero-order chi connectivity index (χ0) is 50.4. The number of aliphatic hydroxyl groups excluding tert-OH is 2. The van der Waals surface area contributed by atoms with Gasteiger partial charge in [0, 0.05) is 19.3 Å². The van der Waals surface area contributed by atoms with Crippen LogP contribution in [0.3, 0.4) is 0 Å². The van der Waals surface area contributed by atoms with Crippen LogP contribution in [0.2, 0.25) is 0 Å². The maximum atomic E-state index is 13.0. The zero-order valence-corrected chi connectivity index (χ0v) is 44.3. The van der Waals surface area contributed by atoms with Crippen LogP contribution < -0.4 is 0 Å². The lowest BCUT2D eigenvalue weighted by molar-refractivity contribution is -0.301. The fraction of sp³-hybridized carbons (Fsp3) is 0.895. The SMILES string of the molecule is CCCCCCCC/C=C\CCCCCCCCCC(=O)OCC(COC1OC(C(=O)O)C(O)C(O)C1OC(=O)CCCCCCCCCCCCCCC)OC(=O)CCCCCCCCCCC. The molecule has 0 bridgehead atoms. The first-order valence-electron chi connectivity index (χ1n) is 28.7. The minimum absolute atomic E-state index is 0.0679. The van der Waals surface area contributed by atoms with Crippen molar-refractivity contribution in [1.29, 1.82) is 0 Å². The third kappa shape index (κ3) is 37.0. The van der Waals surface area contributed by atoms with Crippen LogP contribution in [0.25, 0.3) is 0 Å². The summed E-state index contributed by atoms with van der Waals surface area (Å²) in [5, 5.41) is 31.4. The smallest absolute Gasteiger partial charge is 0.335 e. The topological polar surface area (TPSA) is 175 Å². The van der Waals surface area contributed by atoms with E-state index in [1.54, 1.807) is 0 Å². The molecule has 69 heavy (non-hydrogen) atoms. The normalized spacial score (nSPS) is 18.7. The lowest BCUT2D eigenvalue weighted by atomic mass is 9.98. The van der Waals surface area contributed by atoms with Crippen molar-refractivity contribution in [3.63, 3.8) is 0 Å². The number of carboxylic acid groups (broad SMARTS) is 1.